The Balaban J connectivity index is 2.09. The Labute approximate surface area is 86.4 Å². The van der Waals surface area contributed by atoms with E-state index in [1.165, 1.54) is 32.1 Å². The monoisotopic (exact) mass is 195 g/mol. The minimum atomic E-state index is 0.199. The van der Waals surface area contributed by atoms with Gasteiger partial charge < -0.3 is 10.6 Å². The number of aliphatic imine (C=N–C) groups is 1. The highest BCUT2D eigenvalue weighted by Crippen LogP contribution is 2.37. The van der Waals surface area contributed by atoms with E-state index in [0.717, 1.165) is 18.4 Å². The molecule has 2 N–H and O–H groups in total. The van der Waals surface area contributed by atoms with E-state index in [0.29, 0.717) is 0 Å². The van der Waals surface area contributed by atoms with Gasteiger partial charge in [-0.25, -0.2) is 0 Å². The van der Waals surface area contributed by atoms with Crippen LogP contribution in [0, 0.1) is 5.92 Å². The highest BCUT2D eigenvalue weighted by Gasteiger charge is 2.42. The molecular weight excluding hydrogens is 174 g/mol. The lowest BCUT2D eigenvalue weighted by molar-refractivity contribution is 0.127. The zero-order valence-electron chi connectivity index (χ0n) is 9.29. The zero-order valence-corrected chi connectivity index (χ0v) is 9.29. The van der Waals surface area contributed by atoms with E-state index in [2.05, 4.69) is 23.9 Å². The summed E-state index contributed by atoms with van der Waals surface area (Å²) < 4.78 is 0. The summed E-state index contributed by atoms with van der Waals surface area (Å²) in [6, 6.07) is 0. The summed E-state index contributed by atoms with van der Waals surface area (Å²) in [5.74, 6) is 1.50. The van der Waals surface area contributed by atoms with Crippen molar-refractivity contribution in [3.8, 4) is 0 Å². The molecule has 14 heavy (non-hydrogen) atoms. The van der Waals surface area contributed by atoms with Gasteiger partial charge in [-0.1, -0.05) is 19.3 Å². The molecule has 3 heteroatoms. The number of likely N-dealkylation sites (N-methyl/N-ethyl adjacent to an activating group) is 1. The highest BCUT2D eigenvalue weighted by molar-refractivity contribution is 5.80. The zero-order chi connectivity index (χ0) is 10.2. The van der Waals surface area contributed by atoms with Crippen LogP contribution in [0.5, 0.6) is 0 Å². The van der Waals surface area contributed by atoms with E-state index in [1.54, 1.807) is 0 Å². The summed E-state index contributed by atoms with van der Waals surface area (Å²) in [6.07, 6.45) is 6.88. The van der Waals surface area contributed by atoms with Crippen molar-refractivity contribution in [2.24, 2.45) is 16.6 Å². The topological polar surface area (TPSA) is 41.6 Å². The van der Waals surface area contributed by atoms with Crippen molar-refractivity contribution in [2.45, 2.75) is 44.6 Å². The molecule has 0 saturated heterocycles. The van der Waals surface area contributed by atoms with Crippen molar-refractivity contribution in [3.05, 3.63) is 0 Å². The number of nitrogens with two attached hydrogens (primary N) is 1. The third kappa shape index (κ3) is 1.39. The maximum Gasteiger partial charge on any atom is 0.191 e. The second-order valence-electron chi connectivity index (χ2n) is 4.93. The van der Waals surface area contributed by atoms with Crippen LogP contribution in [-0.4, -0.2) is 30.0 Å². The predicted molar refractivity (Wildman–Crippen MR) is 59.2 cm³/mol. The van der Waals surface area contributed by atoms with Crippen LogP contribution in [0.2, 0.25) is 0 Å². The van der Waals surface area contributed by atoms with Crippen LogP contribution in [0.1, 0.15) is 39.0 Å². The van der Waals surface area contributed by atoms with Crippen LogP contribution in [0.15, 0.2) is 4.99 Å². The van der Waals surface area contributed by atoms with Gasteiger partial charge in [0.2, 0.25) is 0 Å². The summed E-state index contributed by atoms with van der Waals surface area (Å²) in [5.41, 5.74) is 6.04. The molecule has 2 aliphatic rings. The normalized spacial score (nSPS) is 34.7. The lowest BCUT2D eigenvalue weighted by Crippen LogP contribution is -2.52. The van der Waals surface area contributed by atoms with Gasteiger partial charge in [-0.2, -0.15) is 0 Å². The average Bonchev–Trinajstić information content (AvgIpc) is 2.49. The molecule has 1 heterocycles. The molecule has 0 aromatic carbocycles. The fraction of sp³-hybridized carbons (Fsp3) is 0.909. The molecule has 1 unspecified atom stereocenters. The summed E-state index contributed by atoms with van der Waals surface area (Å²) >= 11 is 0. The molecule has 0 radical (unpaired) electrons. The third-order valence-corrected chi connectivity index (χ3v) is 4.16. The molecule has 1 saturated carbocycles. The van der Waals surface area contributed by atoms with Gasteiger partial charge in [0.25, 0.3) is 0 Å². The smallest absolute Gasteiger partial charge is 0.191 e. The second-order valence-corrected chi connectivity index (χ2v) is 4.93. The van der Waals surface area contributed by atoms with E-state index < -0.39 is 0 Å². The van der Waals surface area contributed by atoms with Crippen molar-refractivity contribution in [1.82, 2.24) is 4.90 Å². The van der Waals surface area contributed by atoms with Gasteiger partial charge in [0.15, 0.2) is 5.96 Å². The number of guanidine groups is 1. The van der Waals surface area contributed by atoms with E-state index in [-0.39, 0.29) is 5.54 Å². The SMILES string of the molecule is CN1C(N)=NCC1(C)C1CCCCC1. The molecule has 0 aromatic rings. The lowest BCUT2D eigenvalue weighted by atomic mass is 9.75. The van der Waals surface area contributed by atoms with Gasteiger partial charge >= 0.3 is 0 Å². The Bertz CT molecular complexity index is 243. The van der Waals surface area contributed by atoms with Gasteiger partial charge in [-0.15, -0.1) is 0 Å². The van der Waals surface area contributed by atoms with Crippen LogP contribution >= 0.6 is 0 Å². The van der Waals surface area contributed by atoms with Crippen molar-refractivity contribution < 1.29 is 0 Å². The summed E-state index contributed by atoms with van der Waals surface area (Å²) in [7, 11) is 2.08. The van der Waals surface area contributed by atoms with Crippen LogP contribution in [0.25, 0.3) is 0 Å². The van der Waals surface area contributed by atoms with Crippen LogP contribution in [0.3, 0.4) is 0 Å². The first-order valence-corrected chi connectivity index (χ1v) is 5.68. The number of nitrogens with zero attached hydrogens (tertiary/aromatic N) is 2. The Hall–Kier alpha value is -0.730. The minimum absolute atomic E-state index is 0.199. The average molecular weight is 195 g/mol. The fourth-order valence-electron chi connectivity index (χ4n) is 2.84. The van der Waals surface area contributed by atoms with Crippen molar-refractivity contribution in [2.75, 3.05) is 13.6 Å². The van der Waals surface area contributed by atoms with E-state index in [4.69, 9.17) is 5.73 Å². The largest absolute Gasteiger partial charge is 0.370 e. The molecule has 1 aliphatic carbocycles. The molecule has 0 spiro atoms. The van der Waals surface area contributed by atoms with Crippen molar-refractivity contribution in [3.63, 3.8) is 0 Å². The van der Waals surface area contributed by atoms with E-state index in [9.17, 15) is 0 Å². The summed E-state index contributed by atoms with van der Waals surface area (Å²) in [4.78, 5) is 6.55. The van der Waals surface area contributed by atoms with Gasteiger partial charge in [-0.05, 0) is 25.7 Å². The van der Waals surface area contributed by atoms with Crippen LogP contribution in [-0.2, 0) is 0 Å². The molecule has 0 amide bonds. The maximum atomic E-state index is 5.84. The van der Waals surface area contributed by atoms with Gasteiger partial charge in [0.1, 0.15) is 0 Å². The first kappa shape index (κ1) is 9.81. The molecular formula is C11H21N3. The van der Waals surface area contributed by atoms with Gasteiger partial charge in [0, 0.05) is 7.05 Å². The Morgan fingerprint density at radius 3 is 2.50 bits per heavy atom. The van der Waals surface area contributed by atoms with Gasteiger partial charge in [-0.3, -0.25) is 4.99 Å². The fourth-order valence-corrected chi connectivity index (χ4v) is 2.84. The second kappa shape index (κ2) is 3.44. The van der Waals surface area contributed by atoms with Crippen LogP contribution in [0.4, 0.5) is 0 Å². The molecule has 1 aliphatic heterocycles. The predicted octanol–water partition coefficient (Wildman–Crippen LogP) is 1.59. The molecule has 1 atom stereocenters. The van der Waals surface area contributed by atoms with E-state index >= 15 is 0 Å². The minimum Gasteiger partial charge on any atom is -0.370 e. The molecule has 2 rings (SSSR count). The van der Waals surface area contributed by atoms with Crippen molar-refractivity contribution >= 4 is 5.96 Å². The highest BCUT2D eigenvalue weighted by atomic mass is 15.3. The Kier molecular flexibility index (Phi) is 2.41. The Morgan fingerprint density at radius 1 is 1.36 bits per heavy atom. The number of hydrogen-bond acceptors (Lipinski definition) is 3. The summed E-state index contributed by atoms with van der Waals surface area (Å²) in [6.45, 7) is 3.20. The number of rotatable bonds is 1. The third-order valence-electron chi connectivity index (χ3n) is 4.16. The first-order chi connectivity index (χ1) is 6.64. The van der Waals surface area contributed by atoms with E-state index in [1.807, 2.05) is 0 Å². The quantitative estimate of drug-likeness (QED) is 0.690. The van der Waals surface area contributed by atoms with Crippen LogP contribution < -0.4 is 5.73 Å². The van der Waals surface area contributed by atoms with Gasteiger partial charge in [0.05, 0.1) is 12.1 Å². The van der Waals surface area contributed by atoms with Crippen molar-refractivity contribution in [1.29, 1.82) is 0 Å². The summed E-state index contributed by atoms with van der Waals surface area (Å²) in [5, 5.41) is 0. The maximum absolute atomic E-state index is 5.84. The molecule has 80 valence electrons. The molecule has 1 fully saturated rings. The lowest BCUT2D eigenvalue weighted by Gasteiger charge is -2.42. The molecule has 0 aromatic heterocycles. The number of hydrogen-bond donors (Lipinski definition) is 1. The molecule has 3 nitrogen and oxygen atoms in total. The first-order valence-electron chi connectivity index (χ1n) is 5.68. The standard InChI is InChI=1S/C11H21N3/c1-11(8-13-10(12)14(11)2)9-6-4-3-5-7-9/h9H,3-8H2,1-2H3,(H2,12,13). The Morgan fingerprint density at radius 2 is 2.00 bits per heavy atom. The molecule has 0 bridgehead atoms.